The number of hydrogen-bond donors (Lipinski definition) is 0. The van der Waals surface area contributed by atoms with Gasteiger partial charge in [-0.2, -0.15) is 13.2 Å². The number of amides is 2. The van der Waals surface area contributed by atoms with Crippen LogP contribution in [0.15, 0.2) is 47.6 Å². The van der Waals surface area contributed by atoms with Crippen molar-refractivity contribution in [2.75, 3.05) is 11.6 Å². The van der Waals surface area contributed by atoms with Gasteiger partial charge in [-0.15, -0.1) is 0 Å². The molecule has 31 heavy (non-hydrogen) atoms. The zero-order valence-electron chi connectivity index (χ0n) is 16.4. The Hall–Kier alpha value is -3.56. The smallest absolute Gasteiger partial charge is 0.322 e. The molecule has 0 fully saturated rings. The van der Waals surface area contributed by atoms with Gasteiger partial charge >= 0.3 is 6.18 Å². The molecule has 0 saturated heterocycles. The molecule has 0 radical (unpaired) electrons. The van der Waals surface area contributed by atoms with Crippen LogP contribution in [0.25, 0.3) is 0 Å². The number of benzene rings is 1. The molecule has 1 atom stereocenters. The number of aromatic nitrogens is 1. The van der Waals surface area contributed by atoms with Crippen molar-refractivity contribution in [3.63, 3.8) is 0 Å². The molecule has 2 aliphatic rings. The molecule has 0 spiro atoms. The minimum Gasteiger partial charge on any atom is -0.322 e. The number of dihydropyridines is 1. The molecule has 2 aliphatic heterocycles. The second kappa shape index (κ2) is 7.29. The lowest BCUT2D eigenvalue weighted by molar-refractivity contribution is -0.141. The molecule has 0 N–H and O–H groups in total. The molecule has 2 amide bonds. The number of nitrogens with zero attached hydrogens (tertiary/aromatic N) is 4. The van der Waals surface area contributed by atoms with E-state index in [1.54, 1.807) is 13.8 Å². The molecule has 0 bridgehead atoms. The highest BCUT2D eigenvalue weighted by Crippen LogP contribution is 2.39. The van der Waals surface area contributed by atoms with Crippen molar-refractivity contribution in [2.45, 2.75) is 26.1 Å². The van der Waals surface area contributed by atoms with E-state index in [1.165, 1.54) is 40.2 Å². The predicted octanol–water partition coefficient (Wildman–Crippen LogP) is 4.03. The molecule has 0 saturated carbocycles. The summed E-state index contributed by atoms with van der Waals surface area (Å²) in [4.78, 5) is 34.9. The van der Waals surface area contributed by atoms with Crippen molar-refractivity contribution in [3.8, 4) is 0 Å². The Morgan fingerprint density at radius 2 is 1.84 bits per heavy atom. The summed E-state index contributed by atoms with van der Waals surface area (Å²) in [6.45, 7) is 3.08. The summed E-state index contributed by atoms with van der Waals surface area (Å²) >= 11 is 0. The minimum absolute atomic E-state index is 0.0174. The van der Waals surface area contributed by atoms with Crippen LogP contribution in [0.4, 0.5) is 28.9 Å². The van der Waals surface area contributed by atoms with E-state index < -0.39 is 35.5 Å². The highest BCUT2D eigenvalue weighted by Gasteiger charge is 2.39. The van der Waals surface area contributed by atoms with E-state index >= 15 is 0 Å². The predicted molar refractivity (Wildman–Crippen MR) is 105 cm³/mol. The zero-order valence-corrected chi connectivity index (χ0v) is 16.4. The van der Waals surface area contributed by atoms with Gasteiger partial charge in [0.1, 0.15) is 11.5 Å². The highest BCUT2D eigenvalue weighted by atomic mass is 19.4. The number of anilines is 2. The Morgan fingerprint density at radius 3 is 2.48 bits per heavy atom. The van der Waals surface area contributed by atoms with Crippen LogP contribution in [0.3, 0.4) is 0 Å². The summed E-state index contributed by atoms with van der Waals surface area (Å²) in [5.74, 6) is -1.50. The van der Waals surface area contributed by atoms with Crippen LogP contribution in [0, 0.1) is 12.7 Å². The average Bonchev–Trinajstić information content (AvgIpc) is 2.68. The van der Waals surface area contributed by atoms with Gasteiger partial charge in [-0.05, 0) is 43.7 Å². The van der Waals surface area contributed by atoms with E-state index in [2.05, 4.69) is 9.98 Å². The molecule has 6 nitrogen and oxygen atoms in total. The Kier molecular flexibility index (Phi) is 4.87. The van der Waals surface area contributed by atoms with Gasteiger partial charge in [-0.25, -0.2) is 9.38 Å². The van der Waals surface area contributed by atoms with Crippen molar-refractivity contribution in [2.24, 2.45) is 4.99 Å². The van der Waals surface area contributed by atoms with Crippen molar-refractivity contribution in [1.82, 2.24) is 9.88 Å². The van der Waals surface area contributed by atoms with E-state index in [4.69, 9.17) is 0 Å². The fourth-order valence-electron chi connectivity index (χ4n) is 3.70. The number of pyridine rings is 1. The van der Waals surface area contributed by atoms with Gasteiger partial charge in [0.2, 0.25) is 0 Å². The van der Waals surface area contributed by atoms with Crippen molar-refractivity contribution in [3.05, 3.63) is 65.3 Å². The van der Waals surface area contributed by atoms with Gasteiger partial charge in [0.15, 0.2) is 0 Å². The third kappa shape index (κ3) is 3.69. The topological polar surface area (TPSA) is 65.9 Å². The Labute approximate surface area is 174 Å². The van der Waals surface area contributed by atoms with E-state index in [9.17, 15) is 27.2 Å². The van der Waals surface area contributed by atoms with E-state index in [-0.39, 0.29) is 17.9 Å². The van der Waals surface area contributed by atoms with Gasteiger partial charge in [0, 0.05) is 23.7 Å². The van der Waals surface area contributed by atoms with Gasteiger partial charge < -0.3 is 9.80 Å². The third-order valence-electron chi connectivity index (χ3n) is 5.17. The van der Waals surface area contributed by atoms with E-state index in [0.29, 0.717) is 17.0 Å². The lowest BCUT2D eigenvalue weighted by Gasteiger charge is -2.41. The molecule has 2 aromatic rings. The fraction of sp³-hybridized carbons (Fsp3) is 0.238. The average molecular weight is 432 g/mol. The minimum atomic E-state index is -4.70. The maximum atomic E-state index is 13.6. The maximum Gasteiger partial charge on any atom is 0.433 e. The maximum absolute atomic E-state index is 13.6. The van der Waals surface area contributed by atoms with Crippen molar-refractivity contribution in [1.29, 1.82) is 0 Å². The number of hydrogen-bond acceptors (Lipinski definition) is 4. The number of aliphatic imine (C=N–C) groups is 1. The molecule has 160 valence electrons. The zero-order chi connectivity index (χ0) is 22.5. The van der Waals surface area contributed by atoms with Crippen LogP contribution in [0.1, 0.15) is 28.5 Å². The number of alkyl halides is 3. The summed E-state index contributed by atoms with van der Waals surface area (Å²) in [5.41, 5.74) is 0.123. The summed E-state index contributed by atoms with van der Waals surface area (Å²) in [6, 6.07) is 4.05. The molecule has 4 rings (SSSR count). The van der Waals surface area contributed by atoms with Gasteiger partial charge in [0.05, 0.1) is 24.0 Å². The standard InChI is InChI=1S/C21H16F4N4O2/c1-11-7-13(22)3-4-15(11)28-10-29(16-5-6-19(30)27-12(16)2)20(31)14-9-26-18(8-17(14)28)21(23,24)25/h3-9,16H,10H2,1-2H3. The number of fused-ring (bicyclic) bond motifs is 1. The molecule has 10 heteroatoms. The molecule has 0 aliphatic carbocycles. The largest absolute Gasteiger partial charge is 0.433 e. The van der Waals surface area contributed by atoms with Crippen molar-refractivity contribution >= 4 is 28.9 Å². The summed E-state index contributed by atoms with van der Waals surface area (Å²) in [5, 5.41) is 0. The second-order valence-corrected chi connectivity index (χ2v) is 7.26. The molecular weight excluding hydrogens is 416 g/mol. The van der Waals surface area contributed by atoms with Crippen LogP contribution in [-0.2, 0) is 11.0 Å². The summed E-state index contributed by atoms with van der Waals surface area (Å²) in [6.07, 6.45) is -1.06. The van der Waals surface area contributed by atoms with Crippen LogP contribution in [0.5, 0.6) is 0 Å². The van der Waals surface area contributed by atoms with E-state index in [0.717, 1.165) is 12.3 Å². The van der Waals surface area contributed by atoms with Gasteiger partial charge in [-0.3, -0.25) is 14.6 Å². The molecule has 1 aromatic heterocycles. The number of halogens is 4. The number of aryl methyl sites for hydroxylation is 1. The summed E-state index contributed by atoms with van der Waals surface area (Å²) < 4.78 is 53.5. The summed E-state index contributed by atoms with van der Waals surface area (Å²) in [7, 11) is 0. The van der Waals surface area contributed by atoms with Crippen LogP contribution < -0.4 is 4.90 Å². The quantitative estimate of drug-likeness (QED) is 0.673. The highest BCUT2D eigenvalue weighted by molar-refractivity contribution is 6.09. The Bertz CT molecular complexity index is 1160. The monoisotopic (exact) mass is 432 g/mol. The number of rotatable bonds is 2. The number of carbonyl (C=O) groups is 2. The van der Waals surface area contributed by atoms with Crippen molar-refractivity contribution < 1.29 is 27.2 Å². The molecular formula is C21H16F4N4O2. The number of carbonyl (C=O) groups excluding carboxylic acids is 2. The van der Waals surface area contributed by atoms with Gasteiger partial charge in [-0.1, -0.05) is 6.08 Å². The van der Waals surface area contributed by atoms with Gasteiger partial charge in [0.25, 0.3) is 11.8 Å². The molecule has 1 aromatic carbocycles. The second-order valence-electron chi connectivity index (χ2n) is 7.26. The first-order valence-corrected chi connectivity index (χ1v) is 9.25. The normalized spacial score (nSPS) is 18.9. The SMILES string of the molecule is CC1=NC(=O)C=CC1N1CN(c2ccc(F)cc2C)c2cc(C(F)(F)F)ncc2C1=O. The van der Waals surface area contributed by atoms with Crippen LogP contribution in [-0.4, -0.2) is 40.1 Å². The lowest BCUT2D eigenvalue weighted by atomic mass is 10.0. The Balaban J connectivity index is 1.87. The Morgan fingerprint density at radius 1 is 1.10 bits per heavy atom. The molecule has 3 heterocycles. The van der Waals surface area contributed by atoms with Crippen LogP contribution in [0.2, 0.25) is 0 Å². The van der Waals surface area contributed by atoms with Crippen LogP contribution >= 0.6 is 0 Å². The molecule has 1 unspecified atom stereocenters. The fourth-order valence-corrected chi connectivity index (χ4v) is 3.70. The first-order chi connectivity index (χ1) is 14.6. The first-order valence-electron chi connectivity index (χ1n) is 9.25. The third-order valence-corrected chi connectivity index (χ3v) is 5.17. The lowest BCUT2D eigenvalue weighted by Crippen LogP contribution is -2.52. The van der Waals surface area contributed by atoms with E-state index in [1.807, 2.05) is 0 Å². The first kappa shape index (κ1) is 20.7.